The van der Waals surface area contributed by atoms with Crippen molar-refractivity contribution in [1.29, 1.82) is 0 Å². The summed E-state index contributed by atoms with van der Waals surface area (Å²) in [7, 11) is -2.48. The van der Waals surface area contributed by atoms with Gasteiger partial charge < -0.3 is 14.6 Å². The lowest BCUT2D eigenvalue weighted by Gasteiger charge is -2.21. The van der Waals surface area contributed by atoms with Crippen molar-refractivity contribution >= 4 is 38.4 Å². The number of benzene rings is 2. The molecule has 0 spiro atoms. The van der Waals surface area contributed by atoms with Crippen molar-refractivity contribution in [3.63, 3.8) is 0 Å². The van der Waals surface area contributed by atoms with E-state index >= 15 is 0 Å². The summed E-state index contributed by atoms with van der Waals surface area (Å²) in [5.41, 5.74) is -0.0785. The predicted molar refractivity (Wildman–Crippen MR) is 129 cm³/mol. The minimum atomic E-state index is -5.32. The maximum Gasteiger partial charge on any atom is 0.308 e. The number of rotatable bonds is 7. The number of halogens is 1. The fourth-order valence-corrected chi connectivity index (χ4v) is 4.64. The molecule has 0 aliphatic carbocycles. The van der Waals surface area contributed by atoms with E-state index in [1.165, 1.54) is 30.8 Å². The molecule has 1 heterocycles. The predicted octanol–water partition coefficient (Wildman–Crippen LogP) is 3.23. The van der Waals surface area contributed by atoms with Crippen molar-refractivity contribution in [3.8, 4) is 5.75 Å². The number of hydrogen-bond donors (Lipinski definition) is 2. The van der Waals surface area contributed by atoms with Crippen molar-refractivity contribution in [1.82, 2.24) is 4.57 Å². The number of aromatic nitrogens is 1. The van der Waals surface area contributed by atoms with Crippen LogP contribution in [0.3, 0.4) is 0 Å². The number of aryl methyl sites for hydroxylation is 2. The summed E-state index contributed by atoms with van der Waals surface area (Å²) in [6.07, 6.45) is -0.242. The number of hydrogen-bond acceptors (Lipinski definition) is 6. The zero-order valence-corrected chi connectivity index (χ0v) is 20.4. The van der Waals surface area contributed by atoms with E-state index in [2.05, 4.69) is 0 Å². The van der Waals surface area contributed by atoms with Crippen molar-refractivity contribution in [3.05, 3.63) is 69.5 Å². The number of ketones is 1. The summed E-state index contributed by atoms with van der Waals surface area (Å²) >= 11 is 0. The van der Waals surface area contributed by atoms with Crippen LogP contribution in [0, 0.1) is 0 Å². The minimum Gasteiger partial charge on any atom is -0.506 e. The summed E-state index contributed by atoms with van der Waals surface area (Å²) in [6.45, 7) is 2.98. The van der Waals surface area contributed by atoms with Crippen molar-refractivity contribution in [2.45, 2.75) is 31.7 Å². The smallest absolute Gasteiger partial charge is 0.308 e. The molecule has 1 unspecified atom stereocenters. The Kier molecular flexibility index (Phi) is 6.87. The van der Waals surface area contributed by atoms with Gasteiger partial charge >= 0.3 is 10.1 Å². The molecule has 0 aliphatic rings. The lowest BCUT2D eigenvalue weighted by atomic mass is 10.0. The van der Waals surface area contributed by atoms with Crippen LogP contribution in [0.25, 0.3) is 10.9 Å². The van der Waals surface area contributed by atoms with E-state index in [0.717, 1.165) is 29.5 Å². The van der Waals surface area contributed by atoms with Gasteiger partial charge in [0.05, 0.1) is 5.52 Å². The van der Waals surface area contributed by atoms with Crippen LogP contribution in [-0.4, -0.2) is 46.4 Å². The number of aromatic hydroxyl groups is 1. The van der Waals surface area contributed by atoms with Gasteiger partial charge in [0.15, 0.2) is 0 Å². The quantitative estimate of drug-likeness (QED) is 0.373. The van der Waals surface area contributed by atoms with Crippen LogP contribution >= 0.6 is 0 Å². The number of pyridine rings is 1. The van der Waals surface area contributed by atoms with Gasteiger partial charge in [-0.2, -0.15) is 8.42 Å². The van der Waals surface area contributed by atoms with Crippen LogP contribution in [0.5, 0.6) is 5.75 Å². The summed E-state index contributed by atoms with van der Waals surface area (Å²) in [4.78, 5) is 39.7. The molecule has 0 saturated carbocycles. The zero-order valence-electron chi connectivity index (χ0n) is 19.6. The number of alkyl halides is 1. The van der Waals surface area contributed by atoms with E-state index in [9.17, 15) is 32.3 Å². The van der Waals surface area contributed by atoms with Crippen molar-refractivity contribution < 1.29 is 32.1 Å². The Morgan fingerprint density at radius 1 is 1.11 bits per heavy atom. The van der Waals surface area contributed by atoms with E-state index in [0.29, 0.717) is 17.3 Å². The Morgan fingerprint density at radius 3 is 2.23 bits per heavy atom. The first-order valence-corrected chi connectivity index (χ1v) is 12.2. The summed E-state index contributed by atoms with van der Waals surface area (Å²) < 4.78 is 48.0. The average molecular weight is 505 g/mol. The van der Waals surface area contributed by atoms with Gasteiger partial charge in [0.25, 0.3) is 16.5 Å². The van der Waals surface area contributed by atoms with Gasteiger partial charge in [0.1, 0.15) is 11.3 Å². The third-order valence-electron chi connectivity index (χ3n) is 6.10. The van der Waals surface area contributed by atoms with E-state index in [1.54, 1.807) is 18.2 Å². The highest BCUT2D eigenvalue weighted by atomic mass is 32.2. The van der Waals surface area contributed by atoms with Gasteiger partial charge in [-0.3, -0.25) is 18.9 Å². The Morgan fingerprint density at radius 2 is 1.71 bits per heavy atom. The Labute approximate surface area is 201 Å². The zero-order chi connectivity index (χ0) is 26.3. The van der Waals surface area contributed by atoms with Crippen LogP contribution in [0.1, 0.15) is 46.5 Å². The lowest BCUT2D eigenvalue weighted by Crippen LogP contribution is -2.41. The number of carbonyl (C=O) groups is 2. The Hall–Kier alpha value is -3.57. The Balaban J connectivity index is 2.04. The molecule has 35 heavy (non-hydrogen) atoms. The lowest BCUT2D eigenvalue weighted by molar-refractivity contribution is 0.0808. The first-order valence-electron chi connectivity index (χ1n) is 10.7. The molecule has 0 bridgehead atoms. The van der Waals surface area contributed by atoms with Gasteiger partial charge in [-0.05, 0) is 42.3 Å². The second-order valence-corrected chi connectivity index (χ2v) is 9.65. The van der Waals surface area contributed by atoms with Crippen LogP contribution in [-0.2, 0) is 23.6 Å². The molecule has 1 atom stereocenters. The number of amides is 1. The van der Waals surface area contributed by atoms with Gasteiger partial charge in [0.2, 0.25) is 5.78 Å². The third-order valence-corrected chi connectivity index (χ3v) is 7.39. The number of carbonyl (C=O) groups excluding carboxylic acids is 2. The molecule has 0 radical (unpaired) electrons. The van der Waals surface area contributed by atoms with Gasteiger partial charge in [-0.1, -0.05) is 26.0 Å². The van der Waals surface area contributed by atoms with Crippen LogP contribution in [0.4, 0.5) is 10.1 Å². The largest absolute Gasteiger partial charge is 0.506 e. The first-order chi connectivity index (χ1) is 16.3. The highest BCUT2D eigenvalue weighted by molar-refractivity contribution is 7.88. The van der Waals surface area contributed by atoms with E-state index in [4.69, 9.17) is 4.55 Å². The molecule has 2 aromatic carbocycles. The number of Topliss-reactive ketones (excluding diaryl/α,β-unsaturated/α-hetero) is 1. The summed E-state index contributed by atoms with van der Waals surface area (Å²) in [6, 6.07) is 9.92. The first kappa shape index (κ1) is 26.0. The van der Waals surface area contributed by atoms with Crippen molar-refractivity contribution in [2.24, 2.45) is 7.05 Å². The molecule has 0 saturated heterocycles. The van der Waals surface area contributed by atoms with Crippen LogP contribution in [0.15, 0.2) is 47.3 Å². The highest BCUT2D eigenvalue weighted by Crippen LogP contribution is 2.32. The van der Waals surface area contributed by atoms with Gasteiger partial charge in [0, 0.05) is 37.2 Å². The second kappa shape index (κ2) is 9.23. The second-order valence-electron chi connectivity index (χ2n) is 8.05. The van der Waals surface area contributed by atoms with E-state index in [1.807, 2.05) is 6.92 Å². The minimum absolute atomic E-state index is 0.185. The number of anilines is 1. The summed E-state index contributed by atoms with van der Waals surface area (Å²) in [5, 5.41) is 7.80. The molecule has 0 fully saturated rings. The van der Waals surface area contributed by atoms with Crippen LogP contribution in [0.2, 0.25) is 0 Å². The number of nitrogens with zero attached hydrogens (tertiary/aromatic N) is 2. The molecular weight excluding hydrogens is 479 g/mol. The third kappa shape index (κ3) is 4.21. The molecule has 1 amide bonds. The fraction of sp³-hybridized carbons (Fsp3) is 0.292. The normalized spacial score (nSPS) is 13.4. The summed E-state index contributed by atoms with van der Waals surface area (Å²) in [5.74, 6) is -2.71. The highest BCUT2D eigenvalue weighted by Gasteiger charge is 2.49. The number of fused-ring (bicyclic) bond motifs is 1. The maximum atomic E-state index is 14.7. The van der Waals surface area contributed by atoms with Gasteiger partial charge in [-0.15, -0.1) is 0 Å². The maximum absolute atomic E-state index is 14.7. The molecule has 3 aromatic rings. The SMILES string of the molecule is CCc1cccc2c1c(O)c(C(=O)N(C)c1ccc(C(=O)C(F)(CC)S(=O)(=O)O)cc1)c(=O)n2C. The molecule has 2 N–H and O–H groups in total. The Bertz CT molecular complexity index is 1500. The van der Waals surface area contributed by atoms with E-state index < -0.39 is 50.1 Å². The fourth-order valence-electron chi connectivity index (χ4n) is 3.93. The topological polar surface area (TPSA) is 134 Å². The molecule has 9 nitrogen and oxygen atoms in total. The van der Waals surface area contributed by atoms with Crippen molar-refractivity contribution in [2.75, 3.05) is 11.9 Å². The standard InChI is InChI=1S/C24H25FN2O7S/c1-5-14-8-7-9-17-18(14)20(28)19(23(31)27(17)4)22(30)26(3)16-12-10-15(11-13-16)21(29)24(25,6-2)35(32,33)34/h7-13,28H,5-6H2,1-4H3,(H,32,33,34). The monoisotopic (exact) mass is 504 g/mol. The molecule has 3 rings (SSSR count). The molecule has 0 aliphatic heterocycles. The molecule has 186 valence electrons. The molecular formula is C24H25FN2O7S. The van der Waals surface area contributed by atoms with Gasteiger partial charge in [-0.25, -0.2) is 4.39 Å². The van der Waals surface area contributed by atoms with E-state index in [-0.39, 0.29) is 11.3 Å². The average Bonchev–Trinajstić information content (AvgIpc) is 2.84. The van der Waals surface area contributed by atoms with Crippen LogP contribution < -0.4 is 10.5 Å². The molecule has 11 heteroatoms. The molecule has 1 aromatic heterocycles.